The molecule has 0 aliphatic rings. The summed E-state index contributed by atoms with van der Waals surface area (Å²) in [7, 11) is 0. The van der Waals surface area contributed by atoms with E-state index in [9.17, 15) is 5.48 Å². The first-order valence-corrected chi connectivity index (χ1v) is 26.3. The van der Waals surface area contributed by atoms with Crippen molar-refractivity contribution in [3.05, 3.63) is 264 Å². The fourth-order valence-corrected chi connectivity index (χ4v) is 11.8. The number of fused-ring (bicyclic) bond motifs is 7. The molecule has 0 aliphatic heterocycles. The van der Waals surface area contributed by atoms with Crippen molar-refractivity contribution in [1.29, 1.82) is 0 Å². The number of ether oxygens (including phenoxy) is 1. The van der Waals surface area contributed by atoms with Crippen LogP contribution in [0.5, 0.6) is 11.5 Å². The van der Waals surface area contributed by atoms with E-state index in [1.54, 1.807) is 12.1 Å². The molecule has 10 aromatic carbocycles. The zero-order chi connectivity index (χ0) is 60.5. The van der Waals surface area contributed by atoms with E-state index in [0.29, 0.717) is 37.7 Å². The fraction of sp³-hybridized carbons (Fsp3) is 0.0571. The molecule has 7 heteroatoms. The van der Waals surface area contributed by atoms with Gasteiger partial charge in [0.2, 0.25) is 0 Å². The minimum absolute atomic E-state index is 0.139. The summed E-state index contributed by atoms with van der Waals surface area (Å²) in [6, 6.07) is 58.7. The molecular weight excluding hydrogens is 1120 g/mol. The summed E-state index contributed by atoms with van der Waals surface area (Å²) < 4.78 is 107. The number of hydrogen-bond acceptors (Lipinski definition) is 2. The van der Waals surface area contributed by atoms with Gasteiger partial charge in [-0.05, 0) is 22.6 Å². The third-order valence-corrected chi connectivity index (χ3v) is 15.2. The predicted molar refractivity (Wildman–Crippen MR) is 312 cm³/mol. The first-order valence-electron chi connectivity index (χ1n) is 30.1. The fourth-order valence-electron chi connectivity index (χ4n) is 10.8. The Labute approximate surface area is 471 Å². The molecular formula is C70H49N5OPt-2. The van der Waals surface area contributed by atoms with E-state index >= 15 is 0 Å². The summed E-state index contributed by atoms with van der Waals surface area (Å²) in [6.07, 6.45) is 1.85. The molecule has 0 radical (unpaired) electrons. The number of nitrogens with zero attached hydrogens (tertiary/aromatic N) is 5. The van der Waals surface area contributed by atoms with Crippen molar-refractivity contribution in [2.24, 2.45) is 0 Å². The third-order valence-electron chi connectivity index (χ3n) is 14.2. The molecule has 0 N–H and O–H groups in total. The Balaban J connectivity index is 1.01. The number of para-hydroxylation sites is 5. The second kappa shape index (κ2) is 18.6. The van der Waals surface area contributed by atoms with Crippen LogP contribution >= 0.6 is 0 Å². The van der Waals surface area contributed by atoms with Gasteiger partial charge in [0, 0.05) is 6.20 Å². The molecule has 4 heterocycles. The quantitative estimate of drug-likeness (QED) is 0.135. The van der Waals surface area contributed by atoms with Crippen LogP contribution in [0.25, 0.3) is 111 Å². The molecule has 0 amide bonds. The van der Waals surface area contributed by atoms with E-state index in [1.807, 2.05) is 141 Å². The Morgan fingerprint density at radius 2 is 1.06 bits per heavy atom. The van der Waals surface area contributed by atoms with Gasteiger partial charge in [-0.1, -0.05) is 63.2 Å². The number of pyridine rings is 1. The maximum absolute atomic E-state index is 9.59. The van der Waals surface area contributed by atoms with E-state index in [0.717, 1.165) is 66.1 Å². The second-order valence-corrected chi connectivity index (χ2v) is 20.8. The van der Waals surface area contributed by atoms with Crippen molar-refractivity contribution in [2.45, 2.75) is 26.2 Å². The van der Waals surface area contributed by atoms with Gasteiger partial charge in [-0.15, -0.1) is 0 Å². The van der Waals surface area contributed by atoms with Crippen LogP contribution in [-0.2, 0) is 24.8 Å². The molecule has 0 saturated heterocycles. The Bertz CT molecular complexity index is 5090. The third kappa shape index (κ3) is 7.90. The van der Waals surface area contributed by atoms with Crippen LogP contribution in [-0.4, -0.2) is 23.3 Å². The van der Waals surface area contributed by atoms with Crippen LogP contribution in [0.3, 0.4) is 0 Å². The van der Waals surface area contributed by atoms with E-state index in [-0.39, 0.29) is 33.4 Å². The Morgan fingerprint density at radius 1 is 0.481 bits per heavy atom. The van der Waals surface area contributed by atoms with Gasteiger partial charge in [-0.25, -0.2) is 0 Å². The molecule has 0 unspecified atom stereocenters. The van der Waals surface area contributed by atoms with Crippen LogP contribution < -0.4 is 4.74 Å². The maximum atomic E-state index is 9.59. The summed E-state index contributed by atoms with van der Waals surface area (Å²) >= 11 is 2.19. The van der Waals surface area contributed by atoms with Crippen molar-refractivity contribution in [3.8, 4) is 67.8 Å². The van der Waals surface area contributed by atoms with Gasteiger partial charge in [0.05, 0.1) is 0 Å². The molecule has 0 aliphatic carbocycles. The minimum atomic E-state index is -0.587. The molecule has 4 aromatic heterocycles. The summed E-state index contributed by atoms with van der Waals surface area (Å²) in [6.45, 7) is 6.55. The molecule has 0 atom stereocenters. The zero-order valence-electron chi connectivity index (χ0n) is 51.8. The SMILES string of the molecule is [2H]c1c([2H])c([2H])c(-c2cc(-n3c4ccccc4c4ccccc43)cc(-c3c([2H])c([2H])c([2H])c([2H])c3[2H])c2-n2[c](=[Pt])n(-c3[c-]c(Oc4[c-]c5c(cc4)c4cccc(-c6ccccc6)c4n5-c4cc(C(C)(C)C)ccn4)ccc3)c3ccccc32)c([2H])c1[2H]. The summed E-state index contributed by atoms with van der Waals surface area (Å²) in [4.78, 5) is 4.97. The zero-order valence-corrected chi connectivity index (χ0v) is 44.1. The van der Waals surface area contributed by atoms with Gasteiger partial charge >= 0.3 is 382 Å². The molecule has 77 heavy (non-hydrogen) atoms. The second-order valence-electron chi connectivity index (χ2n) is 19.8. The number of benzene rings is 10. The van der Waals surface area contributed by atoms with E-state index in [4.69, 9.17) is 17.9 Å². The van der Waals surface area contributed by atoms with Crippen molar-refractivity contribution < 1.29 is 37.8 Å². The van der Waals surface area contributed by atoms with Gasteiger partial charge in [-0.2, -0.15) is 0 Å². The number of imidazole rings is 1. The number of hydrogen-bond donors (Lipinski definition) is 0. The van der Waals surface area contributed by atoms with Crippen LogP contribution in [0.15, 0.2) is 243 Å². The first-order chi connectivity index (χ1) is 41.9. The molecule has 0 fully saturated rings. The summed E-state index contributed by atoms with van der Waals surface area (Å²) in [5, 5.41) is 3.82. The average Bonchev–Trinajstić information content (AvgIpc) is 1.86. The number of rotatable bonds is 9. The standard InChI is InChI=1S/C70H49N5O.Pt/c1-70(2,3)50-39-40-71-67(41-50)75-66-45-54(37-38-58(66)59-32-20-31-55(69(59)75)47-21-7-4-8-22-47)76-53-28-19-27-51(42-53)72-46-73(65-36-18-17-35-64(65)72)68-60(48-23-9-5-10-24-48)43-52(44-61(68)49-25-11-6-12-26-49)74-62-33-15-13-29-56(62)57-30-14-16-34-63(57)74;/h4-41,43-44H,1-3H3;/q-2;/i5D,6D,9D,10D,11D,12D,23D,24D,25D,26D;. The summed E-state index contributed by atoms with van der Waals surface area (Å²) in [5.41, 5.74) is 8.73. The van der Waals surface area contributed by atoms with Crippen LogP contribution in [0.4, 0.5) is 0 Å². The van der Waals surface area contributed by atoms with E-state index < -0.39 is 60.4 Å². The van der Waals surface area contributed by atoms with Gasteiger partial charge in [0.15, 0.2) is 0 Å². The van der Waals surface area contributed by atoms with Gasteiger partial charge in [-0.3, -0.25) is 0 Å². The van der Waals surface area contributed by atoms with Crippen molar-refractivity contribution >= 4 is 54.6 Å². The van der Waals surface area contributed by atoms with Gasteiger partial charge in [0.25, 0.3) is 0 Å². The van der Waals surface area contributed by atoms with Crippen molar-refractivity contribution in [3.63, 3.8) is 0 Å². The molecule has 0 saturated carbocycles. The number of aromatic nitrogens is 5. The van der Waals surface area contributed by atoms with E-state index in [2.05, 4.69) is 99.3 Å². The Kier molecular flexibility index (Phi) is 8.90. The molecule has 6 nitrogen and oxygen atoms in total. The van der Waals surface area contributed by atoms with Crippen LogP contribution in [0, 0.1) is 15.9 Å². The van der Waals surface area contributed by atoms with Crippen molar-refractivity contribution in [1.82, 2.24) is 23.3 Å². The van der Waals surface area contributed by atoms with Gasteiger partial charge < -0.3 is 0 Å². The van der Waals surface area contributed by atoms with Crippen LogP contribution in [0.2, 0.25) is 0 Å². The van der Waals surface area contributed by atoms with Crippen LogP contribution in [0.1, 0.15) is 40.0 Å². The van der Waals surface area contributed by atoms with Crippen molar-refractivity contribution in [2.75, 3.05) is 0 Å². The molecule has 372 valence electrons. The molecule has 0 bridgehead atoms. The van der Waals surface area contributed by atoms with E-state index in [1.165, 1.54) is 0 Å². The molecule has 14 rings (SSSR count). The average molecular weight is 1180 g/mol. The Hall–Kier alpha value is -9.09. The first kappa shape index (κ1) is 36.8. The monoisotopic (exact) mass is 1180 g/mol. The molecule has 0 spiro atoms. The topological polar surface area (TPSA) is 41.8 Å². The summed E-state index contributed by atoms with van der Waals surface area (Å²) in [5.74, 6) is 1.52. The predicted octanol–water partition coefficient (Wildman–Crippen LogP) is 17.8. The van der Waals surface area contributed by atoms with Gasteiger partial charge in [0.1, 0.15) is 0 Å². The Morgan fingerprint density at radius 3 is 1.73 bits per heavy atom. The molecule has 14 aromatic rings. The normalized spacial score (nSPS) is 13.7.